The number of hydrogen-bond acceptors (Lipinski definition) is 11. The van der Waals surface area contributed by atoms with E-state index in [1.807, 2.05) is 0 Å². The van der Waals surface area contributed by atoms with Crippen molar-refractivity contribution >= 4 is 22.1 Å². The van der Waals surface area contributed by atoms with Gasteiger partial charge in [0, 0.05) is 12.8 Å². The van der Waals surface area contributed by atoms with Gasteiger partial charge in [-0.05, 0) is 77.0 Å². The summed E-state index contributed by atoms with van der Waals surface area (Å²) < 4.78 is 54.0. The smallest absolute Gasteiger partial charge is 0.306 e. The number of unbranched alkanes of at least 4 members (excludes halogenated alkanes) is 18. The number of allylic oxidation sites excluding steroid dienone is 8. The molecule has 0 aromatic rings. The largest absolute Gasteiger partial charge is 0.462 e. The second kappa shape index (κ2) is 37.2. The zero-order chi connectivity index (χ0) is 44.1. The van der Waals surface area contributed by atoms with Crippen LogP contribution in [0, 0.1) is 0 Å². The second-order valence-electron chi connectivity index (χ2n) is 16.1. The number of esters is 2. The van der Waals surface area contributed by atoms with Crippen LogP contribution >= 0.6 is 0 Å². The van der Waals surface area contributed by atoms with Crippen molar-refractivity contribution in [2.45, 2.75) is 218 Å². The van der Waals surface area contributed by atoms with Crippen LogP contribution in [-0.4, -0.2) is 96.0 Å². The number of carbonyl (C=O) groups excluding carboxylic acids is 2. The van der Waals surface area contributed by atoms with Crippen molar-refractivity contribution in [2.24, 2.45) is 0 Å². The van der Waals surface area contributed by atoms with Gasteiger partial charge in [-0.25, -0.2) is 0 Å². The first kappa shape index (κ1) is 55.6. The number of carbonyl (C=O) groups is 2. The third-order valence-corrected chi connectivity index (χ3v) is 11.1. The van der Waals surface area contributed by atoms with Crippen molar-refractivity contribution in [2.75, 3.05) is 19.0 Å². The van der Waals surface area contributed by atoms with Crippen LogP contribution < -0.4 is 0 Å². The second-order valence-corrected chi connectivity index (χ2v) is 17.6. The Kier molecular flexibility index (Phi) is 34.5. The molecule has 0 aliphatic carbocycles. The normalized spacial score (nSPS) is 20.5. The standard InChI is InChI=1S/C47H82O12S/c1-3-5-7-9-11-13-15-17-19-20-22-23-25-27-29-31-33-35-42(48)56-37-40(38-57-47-46(52)45(51)44(50)41(59-47)39-60(53,54)55)58-43(49)36-34-32-30-28-26-24-21-18-16-14-12-10-8-6-4-2/h12,14,17-19,21,26,28,40-41,44-47,50-52H,3-11,13,15-16,20,22-25,27,29-39H2,1-2H3,(H,53,54,55)/b14-12+,19-17+,21-18+,28-26+/t40-,41-,44-,45?,46?,47+/m1/s1. The molecule has 0 aromatic carbocycles. The molecule has 0 saturated carbocycles. The summed E-state index contributed by atoms with van der Waals surface area (Å²) in [4.78, 5) is 25.4. The van der Waals surface area contributed by atoms with E-state index in [4.69, 9.17) is 18.9 Å². The molecule has 6 atom stereocenters. The molecule has 1 heterocycles. The Bertz CT molecular complexity index is 1300. The fourth-order valence-corrected chi connectivity index (χ4v) is 7.43. The van der Waals surface area contributed by atoms with Crippen LogP contribution in [0.15, 0.2) is 48.6 Å². The summed E-state index contributed by atoms with van der Waals surface area (Å²) in [6.45, 7) is 3.69. The highest BCUT2D eigenvalue weighted by molar-refractivity contribution is 7.85. The molecule has 0 radical (unpaired) electrons. The van der Waals surface area contributed by atoms with Gasteiger partial charge in [0.05, 0.1) is 6.61 Å². The van der Waals surface area contributed by atoms with E-state index in [1.54, 1.807) is 0 Å². The van der Waals surface area contributed by atoms with Crippen LogP contribution in [0.2, 0.25) is 0 Å². The first-order chi connectivity index (χ1) is 29.0. The van der Waals surface area contributed by atoms with Gasteiger partial charge in [-0.2, -0.15) is 8.42 Å². The molecule has 4 N–H and O–H groups in total. The Hall–Kier alpha value is -2.39. The first-order valence-corrected chi connectivity index (χ1v) is 24.8. The molecule has 0 spiro atoms. The molecule has 1 aliphatic rings. The molecule has 60 heavy (non-hydrogen) atoms. The summed E-state index contributed by atoms with van der Waals surface area (Å²) >= 11 is 0. The Balaban J connectivity index is 2.46. The van der Waals surface area contributed by atoms with E-state index in [0.29, 0.717) is 12.8 Å². The maximum atomic E-state index is 12.8. The molecular formula is C47H82O12S. The van der Waals surface area contributed by atoms with Crippen LogP contribution in [-0.2, 0) is 38.7 Å². The molecule has 348 valence electrons. The summed E-state index contributed by atoms with van der Waals surface area (Å²) in [7, 11) is -4.61. The van der Waals surface area contributed by atoms with Crippen LogP contribution in [0.25, 0.3) is 0 Å². The average molecular weight is 871 g/mol. The van der Waals surface area contributed by atoms with Gasteiger partial charge < -0.3 is 34.3 Å². The van der Waals surface area contributed by atoms with Crippen LogP contribution in [0.4, 0.5) is 0 Å². The van der Waals surface area contributed by atoms with Crippen molar-refractivity contribution in [3.05, 3.63) is 48.6 Å². The van der Waals surface area contributed by atoms with Crippen LogP contribution in [0.5, 0.6) is 0 Å². The van der Waals surface area contributed by atoms with Gasteiger partial charge in [0.1, 0.15) is 36.8 Å². The van der Waals surface area contributed by atoms with E-state index in [1.165, 1.54) is 83.5 Å². The molecule has 1 saturated heterocycles. The molecule has 13 heteroatoms. The Labute approximate surface area is 363 Å². The third-order valence-electron chi connectivity index (χ3n) is 10.4. The zero-order valence-corrected chi connectivity index (χ0v) is 37.9. The van der Waals surface area contributed by atoms with Crippen LogP contribution in [0.3, 0.4) is 0 Å². The van der Waals surface area contributed by atoms with Crippen molar-refractivity contribution < 1.29 is 56.8 Å². The van der Waals surface area contributed by atoms with Crippen molar-refractivity contribution in [1.82, 2.24) is 0 Å². The minimum atomic E-state index is -4.61. The lowest BCUT2D eigenvalue weighted by molar-refractivity contribution is -0.297. The average Bonchev–Trinajstić information content (AvgIpc) is 3.21. The van der Waals surface area contributed by atoms with Gasteiger partial charge in [0.2, 0.25) is 0 Å². The number of hydrogen-bond donors (Lipinski definition) is 4. The lowest BCUT2D eigenvalue weighted by atomic mass is 10.00. The maximum Gasteiger partial charge on any atom is 0.306 e. The lowest BCUT2D eigenvalue weighted by Gasteiger charge is -2.40. The summed E-state index contributed by atoms with van der Waals surface area (Å²) in [5.74, 6) is -2.04. The van der Waals surface area contributed by atoms with E-state index in [-0.39, 0.29) is 19.4 Å². The Morgan fingerprint density at radius 3 is 1.57 bits per heavy atom. The quantitative estimate of drug-likeness (QED) is 0.0200. The SMILES string of the molecule is CCCCC/C=C/C/C=C/C/C=C/CCCCC(=O)O[C@H](COC(=O)CCCCCCCCC/C=C/CCCCCCCC)CO[C@H]1O[C@H](CS(=O)(=O)O)[C@@H](O)C(O)C1O. The first-order valence-electron chi connectivity index (χ1n) is 23.2. The molecule has 0 aromatic heterocycles. The van der Waals surface area contributed by atoms with E-state index < -0.39 is 71.2 Å². The molecular weight excluding hydrogens is 789 g/mol. The minimum Gasteiger partial charge on any atom is -0.462 e. The number of rotatable bonds is 38. The van der Waals surface area contributed by atoms with Crippen molar-refractivity contribution in [3.63, 3.8) is 0 Å². The highest BCUT2D eigenvalue weighted by Gasteiger charge is 2.46. The summed E-state index contributed by atoms with van der Waals surface area (Å²) in [6.07, 6.45) is 34.4. The number of ether oxygens (including phenoxy) is 4. The highest BCUT2D eigenvalue weighted by Crippen LogP contribution is 2.24. The maximum absolute atomic E-state index is 12.8. The minimum absolute atomic E-state index is 0.114. The van der Waals surface area contributed by atoms with Gasteiger partial charge in [0.25, 0.3) is 10.1 Å². The van der Waals surface area contributed by atoms with E-state index in [9.17, 15) is 37.9 Å². The molecule has 0 amide bonds. The molecule has 1 aliphatic heterocycles. The van der Waals surface area contributed by atoms with Gasteiger partial charge in [-0.15, -0.1) is 0 Å². The highest BCUT2D eigenvalue weighted by atomic mass is 32.2. The number of aliphatic hydroxyl groups excluding tert-OH is 3. The van der Waals surface area contributed by atoms with Gasteiger partial charge in [-0.1, -0.05) is 140 Å². The van der Waals surface area contributed by atoms with E-state index in [2.05, 4.69) is 62.5 Å². The fraction of sp³-hybridized carbons (Fsp3) is 0.787. The molecule has 1 fully saturated rings. The third kappa shape index (κ3) is 31.5. The zero-order valence-electron chi connectivity index (χ0n) is 37.1. The number of aliphatic hydroxyl groups is 3. The molecule has 0 bridgehead atoms. The monoisotopic (exact) mass is 871 g/mol. The Morgan fingerprint density at radius 1 is 0.567 bits per heavy atom. The Morgan fingerprint density at radius 2 is 1.00 bits per heavy atom. The summed E-state index contributed by atoms with van der Waals surface area (Å²) in [5, 5.41) is 30.9. The topological polar surface area (TPSA) is 186 Å². The van der Waals surface area contributed by atoms with E-state index >= 15 is 0 Å². The lowest BCUT2D eigenvalue weighted by Crippen LogP contribution is -2.60. The van der Waals surface area contributed by atoms with Gasteiger partial charge in [-0.3, -0.25) is 14.1 Å². The fourth-order valence-electron chi connectivity index (χ4n) is 6.74. The van der Waals surface area contributed by atoms with Crippen molar-refractivity contribution in [1.29, 1.82) is 0 Å². The summed E-state index contributed by atoms with van der Waals surface area (Å²) in [6, 6.07) is 0. The summed E-state index contributed by atoms with van der Waals surface area (Å²) in [5.41, 5.74) is 0. The van der Waals surface area contributed by atoms with Gasteiger partial charge in [0.15, 0.2) is 12.4 Å². The predicted molar refractivity (Wildman–Crippen MR) is 238 cm³/mol. The predicted octanol–water partition coefficient (Wildman–Crippen LogP) is 9.56. The molecule has 2 unspecified atom stereocenters. The molecule has 1 rings (SSSR count). The van der Waals surface area contributed by atoms with Gasteiger partial charge >= 0.3 is 11.9 Å². The van der Waals surface area contributed by atoms with Crippen molar-refractivity contribution in [3.8, 4) is 0 Å². The molecule has 12 nitrogen and oxygen atoms in total. The van der Waals surface area contributed by atoms with Crippen LogP contribution in [0.1, 0.15) is 181 Å². The van der Waals surface area contributed by atoms with E-state index in [0.717, 1.165) is 57.8 Å².